The lowest BCUT2D eigenvalue weighted by molar-refractivity contribution is 0.00443. The van der Waals surface area contributed by atoms with Crippen molar-refractivity contribution in [3.05, 3.63) is 112 Å². The van der Waals surface area contributed by atoms with Crippen LogP contribution in [0.1, 0.15) is 118 Å². The van der Waals surface area contributed by atoms with Crippen LogP contribution in [-0.4, -0.2) is 146 Å². The van der Waals surface area contributed by atoms with Gasteiger partial charge >= 0.3 is 20.2 Å². The number of aliphatic hydroxyl groups excluding tert-OH is 1. The molecule has 0 amide bonds. The van der Waals surface area contributed by atoms with Crippen LogP contribution >= 0.6 is 0 Å². The van der Waals surface area contributed by atoms with Gasteiger partial charge in [0.05, 0.1) is 114 Å². The van der Waals surface area contributed by atoms with Crippen LogP contribution in [0.2, 0.25) is 0 Å². The van der Waals surface area contributed by atoms with Crippen molar-refractivity contribution < 1.29 is 71.2 Å². The molecule has 0 radical (unpaired) electrons. The Morgan fingerprint density at radius 1 is 0.548 bits per heavy atom. The molecule has 2 heterocycles. The number of rotatable bonds is 27. The molecule has 0 atom stereocenters. The summed E-state index contributed by atoms with van der Waals surface area (Å²) in [5, 5.41) is 8.98. The van der Waals surface area contributed by atoms with Crippen molar-refractivity contribution in [3.63, 3.8) is 0 Å². The first-order chi connectivity index (χ1) is 34.8. The van der Waals surface area contributed by atoms with Crippen molar-refractivity contribution >= 4 is 36.9 Å². The van der Waals surface area contributed by atoms with Gasteiger partial charge in [-0.1, -0.05) is 54.6 Å². The molecule has 3 aliphatic rings. The monoisotopic (exact) mass is 1010 g/mol. The van der Waals surface area contributed by atoms with E-state index in [0.29, 0.717) is 68.7 Å². The number of fused-ring (bicyclic) bond motifs is 3. The molecule has 0 spiro atoms. The van der Waals surface area contributed by atoms with E-state index in [1.165, 1.54) is 0 Å². The van der Waals surface area contributed by atoms with Gasteiger partial charge in [0, 0.05) is 12.7 Å². The molecule has 2 aliphatic heterocycles. The highest BCUT2D eigenvalue weighted by Gasteiger charge is 2.55. The smallest absolute Gasteiger partial charge is 0.490 e. The molecule has 0 bridgehead atoms. The first-order valence-electron chi connectivity index (χ1n) is 25.4. The van der Waals surface area contributed by atoms with Crippen LogP contribution in [0.4, 0.5) is 0 Å². The lowest BCUT2D eigenvalue weighted by atomic mass is 9.64. The van der Waals surface area contributed by atoms with Crippen molar-refractivity contribution in [1.82, 2.24) is 0 Å². The van der Waals surface area contributed by atoms with Crippen LogP contribution in [0.3, 0.4) is 0 Å². The summed E-state index contributed by atoms with van der Waals surface area (Å²) in [6.45, 7) is 23.5. The maximum atomic E-state index is 14.2. The molecule has 7 rings (SSSR count). The van der Waals surface area contributed by atoms with Gasteiger partial charge in [0.15, 0.2) is 5.78 Å². The van der Waals surface area contributed by atoms with E-state index in [-0.39, 0.29) is 57.6 Å². The SMILES string of the molecule is CCOC(=O)c1cc(C2(c3ccc(COCCOCCOCCO)c(C(C)=O)c3)c3cc(B4OC(C)(C)C(C)(C)O4)ccc3-c3ccc(B4OC(C)(C)C(C)(C)O4)cc32)ccc1OCCOCCOCCOC. The van der Waals surface area contributed by atoms with E-state index in [1.54, 1.807) is 27.0 Å². The van der Waals surface area contributed by atoms with Crippen LogP contribution in [0.15, 0.2) is 72.8 Å². The molecular formula is C56H74B2O15. The second-order valence-corrected chi connectivity index (χ2v) is 20.5. The minimum atomic E-state index is -1.20. The van der Waals surface area contributed by atoms with Crippen molar-refractivity contribution in [2.75, 3.05) is 93.0 Å². The van der Waals surface area contributed by atoms with Crippen LogP contribution in [0.25, 0.3) is 11.1 Å². The highest BCUT2D eigenvalue weighted by Crippen LogP contribution is 2.57. The van der Waals surface area contributed by atoms with Crippen LogP contribution in [-0.2, 0) is 63.8 Å². The molecule has 0 aromatic heterocycles. The number of aliphatic hydroxyl groups is 1. The molecule has 1 aliphatic carbocycles. The summed E-state index contributed by atoms with van der Waals surface area (Å²) in [4.78, 5) is 28.2. The zero-order chi connectivity index (χ0) is 52.6. The molecule has 0 saturated carbocycles. The van der Waals surface area contributed by atoms with Gasteiger partial charge in [0.2, 0.25) is 0 Å². The van der Waals surface area contributed by atoms with Gasteiger partial charge in [-0.2, -0.15) is 0 Å². The average Bonchev–Trinajstić information content (AvgIpc) is 3.86. The van der Waals surface area contributed by atoms with Crippen LogP contribution < -0.4 is 15.7 Å². The number of hydrogen-bond donors (Lipinski definition) is 1. The van der Waals surface area contributed by atoms with E-state index in [4.69, 9.17) is 61.6 Å². The summed E-state index contributed by atoms with van der Waals surface area (Å²) in [6.07, 6.45) is 0. The van der Waals surface area contributed by atoms with Crippen LogP contribution in [0.5, 0.6) is 5.75 Å². The summed E-state index contributed by atoms with van der Waals surface area (Å²) in [6, 6.07) is 24.1. The Morgan fingerprint density at radius 3 is 1.48 bits per heavy atom. The first kappa shape index (κ1) is 56.2. The summed E-state index contributed by atoms with van der Waals surface area (Å²) in [7, 11) is 0.218. The van der Waals surface area contributed by atoms with E-state index in [9.17, 15) is 9.59 Å². The lowest BCUT2D eigenvalue weighted by Gasteiger charge is -2.35. The number of hydrogen-bond acceptors (Lipinski definition) is 15. The zero-order valence-corrected chi connectivity index (χ0v) is 44.6. The second-order valence-electron chi connectivity index (χ2n) is 20.5. The number of benzene rings is 4. The third-order valence-electron chi connectivity index (χ3n) is 14.6. The number of methoxy groups -OCH3 is 1. The minimum absolute atomic E-state index is 0.0502. The fraction of sp³-hybridized carbons (Fsp3) is 0.536. The normalized spacial score (nSPS) is 17.7. The predicted octanol–water partition coefficient (Wildman–Crippen LogP) is 6.63. The zero-order valence-electron chi connectivity index (χ0n) is 44.6. The Labute approximate surface area is 432 Å². The molecule has 4 aromatic carbocycles. The van der Waals surface area contributed by atoms with E-state index in [2.05, 4.69) is 24.3 Å². The molecule has 1 N–H and O–H groups in total. The van der Waals surface area contributed by atoms with E-state index < -0.39 is 48.0 Å². The number of ketones is 1. The van der Waals surface area contributed by atoms with E-state index in [0.717, 1.165) is 38.7 Å². The standard InChI is InChI=1S/C56H74B2O15/c1-12-68-51(61)47-34-41(15-20-50(47)69-32-31-66-28-27-64-24-23-62-11)56(40-14-13-39(46(33-40)38(2)60)37-67-30-29-65-26-25-63-22-21-59)48-35-42(57-70-52(3,4)53(5,6)71-57)16-18-44(48)45-19-17-43(36-49(45)56)58-72-54(7,8)55(9,10)73-58/h13-20,33-36,59H,12,21-32,37H2,1-11H3. The van der Waals surface area contributed by atoms with Crippen molar-refractivity contribution in [1.29, 1.82) is 0 Å². The average molecular weight is 1010 g/mol. The summed E-state index contributed by atoms with van der Waals surface area (Å²) in [5.74, 6) is -0.384. The molecule has 73 heavy (non-hydrogen) atoms. The maximum absolute atomic E-state index is 14.2. The van der Waals surface area contributed by atoms with Crippen LogP contribution in [0, 0.1) is 0 Å². The molecule has 0 unspecified atom stereocenters. The predicted molar refractivity (Wildman–Crippen MR) is 279 cm³/mol. The summed E-state index contributed by atoms with van der Waals surface area (Å²) in [5.41, 5.74) is 4.45. The fourth-order valence-electron chi connectivity index (χ4n) is 9.28. The third kappa shape index (κ3) is 12.1. The number of Topliss-reactive ketones (excluding diaryl/α,β-unsaturated/α-hetero) is 1. The van der Waals surface area contributed by atoms with Gasteiger partial charge in [-0.15, -0.1) is 0 Å². The van der Waals surface area contributed by atoms with Gasteiger partial charge in [-0.05, 0) is 137 Å². The van der Waals surface area contributed by atoms with E-state index >= 15 is 0 Å². The Morgan fingerprint density at radius 2 is 1.00 bits per heavy atom. The molecular weight excluding hydrogens is 934 g/mol. The molecule has 2 saturated heterocycles. The number of esters is 1. The summed E-state index contributed by atoms with van der Waals surface area (Å²) >= 11 is 0. The Kier molecular flexibility index (Phi) is 18.5. The number of carbonyl (C=O) groups is 2. The Hall–Kier alpha value is -4.49. The van der Waals surface area contributed by atoms with Gasteiger partial charge in [0.1, 0.15) is 17.9 Å². The topological polar surface area (TPSA) is 165 Å². The van der Waals surface area contributed by atoms with Crippen molar-refractivity contribution in [3.8, 4) is 16.9 Å². The lowest BCUT2D eigenvalue weighted by Crippen LogP contribution is -2.41. The highest BCUT2D eigenvalue weighted by atomic mass is 16.7. The largest absolute Gasteiger partial charge is 0.494 e. The molecule has 17 heteroatoms. The van der Waals surface area contributed by atoms with Gasteiger partial charge in [-0.25, -0.2) is 4.79 Å². The minimum Gasteiger partial charge on any atom is -0.490 e. The van der Waals surface area contributed by atoms with Gasteiger partial charge < -0.3 is 61.6 Å². The summed E-state index contributed by atoms with van der Waals surface area (Å²) < 4.78 is 72.2. The van der Waals surface area contributed by atoms with Crippen molar-refractivity contribution in [2.24, 2.45) is 0 Å². The second kappa shape index (κ2) is 24.0. The Balaban J connectivity index is 1.39. The van der Waals surface area contributed by atoms with Crippen molar-refractivity contribution in [2.45, 2.75) is 104 Å². The molecule has 394 valence electrons. The van der Waals surface area contributed by atoms with E-state index in [1.807, 2.05) is 97.9 Å². The Bertz CT molecular complexity index is 2420. The number of ether oxygens (including phenoxy) is 8. The molecule has 15 nitrogen and oxygen atoms in total. The molecule has 2 fully saturated rings. The first-order valence-corrected chi connectivity index (χ1v) is 25.4. The maximum Gasteiger partial charge on any atom is 0.494 e. The quantitative estimate of drug-likeness (QED) is 0.0258. The highest BCUT2D eigenvalue weighted by molar-refractivity contribution is 6.62. The van der Waals surface area contributed by atoms with Gasteiger partial charge in [-0.3, -0.25) is 4.79 Å². The van der Waals surface area contributed by atoms with Gasteiger partial charge in [0.25, 0.3) is 0 Å². The fourth-order valence-corrected chi connectivity index (χ4v) is 9.28. The third-order valence-corrected chi connectivity index (χ3v) is 14.6. The molecule has 4 aromatic rings. The number of carbonyl (C=O) groups excluding carboxylic acids is 2.